The number of carbonyl (C=O) groups excluding carboxylic acids is 1. The van der Waals surface area contributed by atoms with Gasteiger partial charge in [0.2, 0.25) is 10.0 Å². The molecule has 7 heteroatoms. The molecule has 30 heavy (non-hydrogen) atoms. The van der Waals surface area contributed by atoms with Crippen molar-refractivity contribution in [1.82, 2.24) is 5.32 Å². The van der Waals surface area contributed by atoms with E-state index in [0.29, 0.717) is 30.8 Å². The van der Waals surface area contributed by atoms with Gasteiger partial charge in [-0.15, -0.1) is 0 Å². The maximum absolute atomic E-state index is 12.4. The zero-order valence-corrected chi connectivity index (χ0v) is 18.6. The van der Waals surface area contributed by atoms with E-state index in [1.165, 1.54) is 15.6 Å². The molecule has 0 radical (unpaired) electrons. The maximum atomic E-state index is 12.4. The molecule has 6 nitrogen and oxygen atoms in total. The van der Waals surface area contributed by atoms with Gasteiger partial charge >= 0.3 is 0 Å². The van der Waals surface area contributed by atoms with Crippen molar-refractivity contribution in [3.8, 4) is 0 Å². The Bertz CT molecular complexity index is 941. The van der Waals surface area contributed by atoms with Gasteiger partial charge in [0.1, 0.15) is 0 Å². The fourth-order valence-electron chi connectivity index (χ4n) is 3.66. The van der Waals surface area contributed by atoms with E-state index in [2.05, 4.69) is 48.3 Å². The zero-order valence-electron chi connectivity index (χ0n) is 17.8. The first-order valence-corrected chi connectivity index (χ1v) is 12.2. The van der Waals surface area contributed by atoms with Crippen LogP contribution in [0.5, 0.6) is 0 Å². The fourth-order valence-corrected chi connectivity index (χ4v) is 5.30. The van der Waals surface area contributed by atoms with Crippen molar-refractivity contribution < 1.29 is 13.2 Å². The Labute approximate surface area is 179 Å². The van der Waals surface area contributed by atoms with Crippen molar-refractivity contribution >= 4 is 27.3 Å². The minimum absolute atomic E-state index is 0.138. The first kappa shape index (κ1) is 22.2. The molecule has 0 saturated carbocycles. The third-order valence-corrected chi connectivity index (χ3v) is 7.31. The molecule has 0 bridgehead atoms. The number of nitrogens with zero attached hydrogens (tertiary/aromatic N) is 2. The van der Waals surface area contributed by atoms with Gasteiger partial charge < -0.3 is 10.2 Å². The number of benzene rings is 2. The number of hydrogen-bond acceptors (Lipinski definition) is 4. The average Bonchev–Trinajstić information content (AvgIpc) is 2.74. The van der Waals surface area contributed by atoms with Crippen molar-refractivity contribution in [2.24, 2.45) is 0 Å². The fraction of sp³-hybridized carbons (Fsp3) is 0.435. The van der Waals surface area contributed by atoms with Crippen molar-refractivity contribution in [3.63, 3.8) is 0 Å². The Hall–Kier alpha value is -2.54. The number of hydrogen-bond donors (Lipinski definition) is 1. The van der Waals surface area contributed by atoms with Gasteiger partial charge in [0, 0.05) is 37.4 Å². The normalized spacial score (nSPS) is 15.6. The minimum Gasteiger partial charge on any atom is -0.372 e. The summed E-state index contributed by atoms with van der Waals surface area (Å²) in [5.41, 5.74) is 3.60. The SMILES string of the molecule is CCN(CCCNC(=O)c1ccc(N2CCCCS2(=O)=O)cc1)c1ccc(C)cc1. The molecule has 0 spiro atoms. The van der Waals surface area contributed by atoms with E-state index in [1.807, 2.05) is 0 Å². The lowest BCUT2D eigenvalue weighted by atomic mass is 10.2. The second kappa shape index (κ2) is 9.98. The lowest BCUT2D eigenvalue weighted by molar-refractivity contribution is 0.0953. The van der Waals surface area contributed by atoms with Gasteiger partial charge in [-0.3, -0.25) is 9.10 Å². The molecule has 0 aromatic heterocycles. The number of sulfonamides is 1. The molecule has 2 aromatic carbocycles. The lowest BCUT2D eigenvalue weighted by Gasteiger charge is -2.28. The first-order chi connectivity index (χ1) is 14.4. The summed E-state index contributed by atoms with van der Waals surface area (Å²) in [7, 11) is -3.24. The number of aryl methyl sites for hydroxylation is 1. The second-order valence-electron chi connectivity index (χ2n) is 7.67. The molecule has 0 unspecified atom stereocenters. The second-order valence-corrected chi connectivity index (χ2v) is 9.68. The summed E-state index contributed by atoms with van der Waals surface area (Å²) < 4.78 is 25.9. The van der Waals surface area contributed by atoms with Crippen LogP contribution in [0, 0.1) is 6.92 Å². The zero-order chi connectivity index (χ0) is 21.6. The molecular weight excluding hydrogens is 398 g/mol. The summed E-state index contributed by atoms with van der Waals surface area (Å²) in [6, 6.07) is 15.3. The third kappa shape index (κ3) is 5.53. The van der Waals surface area contributed by atoms with Gasteiger partial charge in [-0.05, 0) is 69.5 Å². The van der Waals surface area contributed by atoms with Gasteiger partial charge in [-0.1, -0.05) is 17.7 Å². The van der Waals surface area contributed by atoms with E-state index >= 15 is 0 Å². The molecule has 1 N–H and O–H groups in total. The van der Waals surface area contributed by atoms with E-state index in [1.54, 1.807) is 24.3 Å². The van der Waals surface area contributed by atoms with Gasteiger partial charge in [0.05, 0.1) is 11.4 Å². The summed E-state index contributed by atoms with van der Waals surface area (Å²) in [5, 5.41) is 2.96. The third-order valence-electron chi connectivity index (χ3n) is 5.44. The standard InChI is InChI=1S/C23H31N3O3S/c1-3-25(21-11-7-19(2)8-12-21)16-6-15-24-23(27)20-9-13-22(14-10-20)26-17-4-5-18-30(26,28)29/h7-14H,3-6,15-18H2,1-2H3,(H,24,27). The topological polar surface area (TPSA) is 69.7 Å². The van der Waals surface area contributed by atoms with E-state index in [-0.39, 0.29) is 11.7 Å². The molecule has 0 atom stereocenters. The van der Waals surface area contributed by atoms with Crippen LogP contribution in [-0.2, 0) is 10.0 Å². The van der Waals surface area contributed by atoms with Crippen LogP contribution in [0.3, 0.4) is 0 Å². The summed E-state index contributed by atoms with van der Waals surface area (Å²) in [6.07, 6.45) is 2.41. The number of carbonyl (C=O) groups is 1. The first-order valence-electron chi connectivity index (χ1n) is 10.6. The predicted molar refractivity (Wildman–Crippen MR) is 123 cm³/mol. The van der Waals surface area contributed by atoms with E-state index in [9.17, 15) is 13.2 Å². The molecule has 1 amide bonds. The Kier molecular flexibility index (Phi) is 7.37. The lowest BCUT2D eigenvalue weighted by Crippen LogP contribution is -2.37. The highest BCUT2D eigenvalue weighted by atomic mass is 32.2. The quantitative estimate of drug-likeness (QED) is 0.652. The van der Waals surface area contributed by atoms with E-state index in [0.717, 1.165) is 25.9 Å². The van der Waals surface area contributed by atoms with Gasteiger partial charge in [0.25, 0.3) is 5.91 Å². The molecule has 1 saturated heterocycles. The number of anilines is 2. The molecule has 1 fully saturated rings. The van der Waals surface area contributed by atoms with Crippen molar-refractivity contribution in [2.75, 3.05) is 41.1 Å². The molecular formula is C23H31N3O3S. The molecule has 1 heterocycles. The van der Waals surface area contributed by atoms with Crippen molar-refractivity contribution in [3.05, 3.63) is 59.7 Å². The number of nitrogens with one attached hydrogen (secondary N) is 1. The number of amides is 1. The Morgan fingerprint density at radius 1 is 1.07 bits per heavy atom. The Morgan fingerprint density at radius 3 is 2.40 bits per heavy atom. The van der Waals surface area contributed by atoms with Crippen LogP contribution in [0.25, 0.3) is 0 Å². The monoisotopic (exact) mass is 429 g/mol. The van der Waals surface area contributed by atoms with Crippen LogP contribution in [-0.4, -0.2) is 46.3 Å². The molecule has 2 aromatic rings. The van der Waals surface area contributed by atoms with Crippen LogP contribution in [0.4, 0.5) is 11.4 Å². The Morgan fingerprint density at radius 2 is 1.77 bits per heavy atom. The minimum atomic E-state index is -3.24. The summed E-state index contributed by atoms with van der Waals surface area (Å²) in [5.74, 6) is 0.0495. The van der Waals surface area contributed by atoms with Crippen LogP contribution < -0.4 is 14.5 Å². The largest absolute Gasteiger partial charge is 0.372 e. The van der Waals surface area contributed by atoms with Crippen LogP contribution >= 0.6 is 0 Å². The Balaban J connectivity index is 1.49. The van der Waals surface area contributed by atoms with Gasteiger partial charge in [-0.2, -0.15) is 0 Å². The van der Waals surface area contributed by atoms with E-state index in [4.69, 9.17) is 0 Å². The number of rotatable bonds is 8. The predicted octanol–water partition coefficient (Wildman–Crippen LogP) is 3.57. The average molecular weight is 430 g/mol. The summed E-state index contributed by atoms with van der Waals surface area (Å²) in [6.45, 7) is 7.08. The van der Waals surface area contributed by atoms with Gasteiger partial charge in [-0.25, -0.2) is 8.42 Å². The molecule has 3 rings (SSSR count). The van der Waals surface area contributed by atoms with Crippen LogP contribution in [0.15, 0.2) is 48.5 Å². The molecule has 1 aliphatic heterocycles. The smallest absolute Gasteiger partial charge is 0.251 e. The molecule has 162 valence electrons. The van der Waals surface area contributed by atoms with E-state index < -0.39 is 10.0 Å². The highest BCUT2D eigenvalue weighted by Gasteiger charge is 2.25. The summed E-state index contributed by atoms with van der Waals surface area (Å²) >= 11 is 0. The van der Waals surface area contributed by atoms with Gasteiger partial charge in [0.15, 0.2) is 0 Å². The van der Waals surface area contributed by atoms with Crippen LogP contribution in [0.2, 0.25) is 0 Å². The maximum Gasteiger partial charge on any atom is 0.251 e. The highest BCUT2D eigenvalue weighted by Crippen LogP contribution is 2.23. The van der Waals surface area contributed by atoms with Crippen molar-refractivity contribution in [1.29, 1.82) is 0 Å². The van der Waals surface area contributed by atoms with Crippen LogP contribution in [0.1, 0.15) is 42.1 Å². The highest BCUT2D eigenvalue weighted by molar-refractivity contribution is 7.92. The summed E-state index contributed by atoms with van der Waals surface area (Å²) in [4.78, 5) is 14.7. The molecule has 0 aliphatic carbocycles. The van der Waals surface area contributed by atoms with Crippen molar-refractivity contribution in [2.45, 2.75) is 33.1 Å². The molecule has 1 aliphatic rings.